The molecule has 1 aromatic carbocycles. The Morgan fingerprint density at radius 2 is 2.09 bits per heavy atom. The zero-order chi connectivity index (χ0) is 7.94. The fourth-order valence-corrected chi connectivity index (χ4v) is 0.711. The van der Waals surface area contributed by atoms with Gasteiger partial charge in [0.1, 0.15) is 0 Å². The van der Waals surface area contributed by atoms with Gasteiger partial charge < -0.3 is 4.65 Å². The number of hydrogen-bond acceptors (Lipinski definition) is 1. The average Bonchev–Trinajstić information content (AvgIpc) is 2.07. The van der Waals surface area contributed by atoms with Crippen molar-refractivity contribution in [1.82, 2.24) is 0 Å². The zero-order valence-electron chi connectivity index (χ0n) is 6.36. The monoisotopic (exact) mass is 145 g/mol. The van der Waals surface area contributed by atoms with Gasteiger partial charge in [-0.1, -0.05) is 24.3 Å². The highest BCUT2D eigenvalue weighted by Crippen LogP contribution is 2.07. The maximum Gasteiger partial charge on any atom is 0.373 e. The van der Waals surface area contributed by atoms with E-state index in [1.54, 1.807) is 13.6 Å². The Morgan fingerprint density at radius 1 is 1.36 bits per heavy atom. The van der Waals surface area contributed by atoms with E-state index in [4.69, 9.17) is 4.65 Å². The van der Waals surface area contributed by atoms with Crippen molar-refractivity contribution in [1.29, 1.82) is 0 Å². The minimum absolute atomic E-state index is 0.773. The van der Waals surface area contributed by atoms with Crippen molar-refractivity contribution in [3.63, 3.8) is 0 Å². The molecule has 0 aliphatic rings. The van der Waals surface area contributed by atoms with Gasteiger partial charge in [-0.05, 0) is 18.5 Å². The van der Waals surface area contributed by atoms with Crippen LogP contribution in [0.3, 0.4) is 0 Å². The Bertz CT molecular complexity index is 208. The van der Waals surface area contributed by atoms with Crippen molar-refractivity contribution >= 4 is 7.48 Å². The summed E-state index contributed by atoms with van der Waals surface area (Å²) < 4.78 is 5.25. The molecule has 0 N–H and O–H groups in total. The lowest BCUT2D eigenvalue weighted by Gasteiger charge is -2.01. The van der Waals surface area contributed by atoms with Crippen molar-refractivity contribution in [3.05, 3.63) is 43.0 Å². The summed E-state index contributed by atoms with van der Waals surface area (Å²) in [4.78, 5) is 0. The van der Waals surface area contributed by atoms with Crippen LogP contribution in [0.4, 0.5) is 0 Å². The summed E-state index contributed by atoms with van der Waals surface area (Å²) in [5.41, 5.74) is 0. The Labute approximate surface area is 68.0 Å². The number of para-hydroxylation sites is 1. The highest BCUT2D eigenvalue weighted by molar-refractivity contribution is 6.29. The van der Waals surface area contributed by atoms with Gasteiger partial charge in [0, 0.05) is 0 Å². The van der Waals surface area contributed by atoms with E-state index < -0.39 is 0 Å². The molecule has 0 unspecified atom stereocenters. The molecule has 0 atom stereocenters. The van der Waals surface area contributed by atoms with E-state index in [1.165, 1.54) is 0 Å². The van der Waals surface area contributed by atoms with Crippen molar-refractivity contribution < 1.29 is 4.65 Å². The number of hydrogen-bond donors (Lipinski definition) is 0. The Balaban J connectivity index is 2.33. The first-order valence-corrected chi connectivity index (χ1v) is 3.58. The minimum Gasteiger partial charge on any atom is -0.563 e. The summed E-state index contributed by atoms with van der Waals surface area (Å²) in [6.45, 7) is 3.58. The van der Waals surface area contributed by atoms with Gasteiger partial charge in [-0.15, -0.1) is 6.58 Å². The molecule has 55 valence electrons. The largest absolute Gasteiger partial charge is 0.563 e. The quantitative estimate of drug-likeness (QED) is 0.358. The molecule has 11 heavy (non-hydrogen) atoms. The molecule has 1 radical (unpaired) electrons. The highest BCUT2D eigenvalue weighted by atomic mass is 16.4. The second kappa shape index (κ2) is 4.61. The van der Waals surface area contributed by atoms with E-state index in [1.807, 2.05) is 30.3 Å². The van der Waals surface area contributed by atoms with Gasteiger partial charge in [0.2, 0.25) is 0 Å². The second-order valence-electron chi connectivity index (χ2n) is 2.12. The van der Waals surface area contributed by atoms with Gasteiger partial charge in [-0.3, -0.25) is 0 Å². The topological polar surface area (TPSA) is 9.23 Å². The first-order valence-electron chi connectivity index (χ1n) is 3.58. The third-order valence-corrected chi connectivity index (χ3v) is 1.23. The van der Waals surface area contributed by atoms with E-state index in [0.29, 0.717) is 0 Å². The number of benzene rings is 1. The van der Waals surface area contributed by atoms with Crippen LogP contribution in [0.2, 0.25) is 6.32 Å². The van der Waals surface area contributed by atoms with Crippen LogP contribution in [0.15, 0.2) is 43.0 Å². The van der Waals surface area contributed by atoms with Crippen molar-refractivity contribution in [2.24, 2.45) is 0 Å². The molecule has 0 fully saturated rings. The summed E-state index contributed by atoms with van der Waals surface area (Å²) in [6, 6.07) is 9.67. The van der Waals surface area contributed by atoms with Crippen LogP contribution in [0, 0.1) is 0 Å². The third-order valence-electron chi connectivity index (χ3n) is 1.23. The fourth-order valence-electron chi connectivity index (χ4n) is 0.711. The lowest BCUT2D eigenvalue weighted by molar-refractivity contribution is 0.596. The maximum atomic E-state index is 5.25. The van der Waals surface area contributed by atoms with Crippen LogP contribution in [-0.4, -0.2) is 7.48 Å². The van der Waals surface area contributed by atoms with E-state index in [-0.39, 0.29) is 0 Å². The van der Waals surface area contributed by atoms with Crippen molar-refractivity contribution in [2.75, 3.05) is 0 Å². The van der Waals surface area contributed by atoms with Crippen LogP contribution in [0.25, 0.3) is 0 Å². The maximum absolute atomic E-state index is 5.25. The highest BCUT2D eigenvalue weighted by Gasteiger charge is 1.90. The lowest BCUT2D eigenvalue weighted by Crippen LogP contribution is -1.98. The molecule has 2 heteroatoms. The first kappa shape index (κ1) is 7.93. The van der Waals surface area contributed by atoms with Gasteiger partial charge in [0.15, 0.2) is 0 Å². The molecule has 0 spiro atoms. The minimum atomic E-state index is 0.773. The van der Waals surface area contributed by atoms with Crippen molar-refractivity contribution in [3.8, 4) is 5.75 Å². The van der Waals surface area contributed by atoms with Gasteiger partial charge in [-0.2, -0.15) is 0 Å². The fraction of sp³-hybridized carbons (Fsp3) is 0.111. The molecule has 0 saturated heterocycles. The molecule has 0 amide bonds. The van der Waals surface area contributed by atoms with E-state index in [9.17, 15) is 0 Å². The van der Waals surface area contributed by atoms with Gasteiger partial charge in [0.05, 0.1) is 5.75 Å². The van der Waals surface area contributed by atoms with Crippen LogP contribution in [0.5, 0.6) is 5.75 Å². The molecule has 1 nitrogen and oxygen atoms in total. The summed E-state index contributed by atoms with van der Waals surface area (Å²) in [5.74, 6) is 0.870. The standard InChI is InChI=1S/C9H10BO/c1-2-8-10-11-9-6-4-3-5-7-9/h2-7H,1,8H2. The lowest BCUT2D eigenvalue weighted by atomic mass is 9.96. The molecule has 0 bridgehead atoms. The predicted molar refractivity (Wildman–Crippen MR) is 47.8 cm³/mol. The normalized spacial score (nSPS) is 8.73. The van der Waals surface area contributed by atoms with Gasteiger partial charge >= 0.3 is 7.48 Å². The molecule has 0 saturated carbocycles. The Hall–Kier alpha value is -1.18. The Morgan fingerprint density at radius 3 is 2.73 bits per heavy atom. The van der Waals surface area contributed by atoms with Crippen LogP contribution < -0.4 is 4.65 Å². The third kappa shape index (κ3) is 2.94. The van der Waals surface area contributed by atoms with Crippen LogP contribution >= 0.6 is 0 Å². The molecule has 0 heterocycles. The van der Waals surface area contributed by atoms with Gasteiger partial charge in [-0.25, -0.2) is 0 Å². The number of allylic oxidation sites excluding steroid dienone is 1. The summed E-state index contributed by atoms with van der Waals surface area (Å²) in [6.07, 6.45) is 2.57. The molecule has 1 aromatic rings. The van der Waals surface area contributed by atoms with E-state index >= 15 is 0 Å². The van der Waals surface area contributed by atoms with E-state index in [0.717, 1.165) is 12.1 Å². The molecule has 0 aromatic heterocycles. The summed E-state index contributed by atoms with van der Waals surface area (Å²) >= 11 is 0. The molecule has 0 aliphatic carbocycles. The molecular formula is C9H10BO. The smallest absolute Gasteiger partial charge is 0.373 e. The summed E-state index contributed by atoms with van der Waals surface area (Å²) in [5, 5.41) is 0. The van der Waals surface area contributed by atoms with E-state index in [2.05, 4.69) is 6.58 Å². The van der Waals surface area contributed by atoms with Crippen LogP contribution in [-0.2, 0) is 0 Å². The predicted octanol–water partition coefficient (Wildman–Crippen LogP) is 2.29. The molecule has 1 rings (SSSR count). The molecule has 0 aliphatic heterocycles. The Kier molecular flexibility index (Phi) is 3.32. The first-order chi connectivity index (χ1) is 5.43. The molecular weight excluding hydrogens is 135 g/mol. The average molecular weight is 145 g/mol. The zero-order valence-corrected chi connectivity index (χ0v) is 6.36. The SMILES string of the molecule is C=CC[B]Oc1ccccc1. The summed E-state index contributed by atoms with van der Waals surface area (Å²) in [7, 11) is 1.72. The second-order valence-corrected chi connectivity index (χ2v) is 2.12. The number of rotatable bonds is 4. The van der Waals surface area contributed by atoms with Gasteiger partial charge in [0.25, 0.3) is 0 Å². The van der Waals surface area contributed by atoms with Crippen LogP contribution in [0.1, 0.15) is 0 Å². The van der Waals surface area contributed by atoms with Crippen molar-refractivity contribution in [2.45, 2.75) is 6.32 Å².